The minimum atomic E-state index is 0.217. The molecule has 0 bridgehead atoms. The molecule has 0 aromatic heterocycles. The molecule has 1 heterocycles. The Labute approximate surface area is 60.0 Å². The van der Waals surface area contributed by atoms with Gasteiger partial charge in [-0.2, -0.15) is 0 Å². The molecule has 1 fully saturated rings. The predicted octanol–water partition coefficient (Wildman–Crippen LogP) is 0.420. The Kier molecular flexibility index (Phi) is 2.03. The van der Waals surface area contributed by atoms with E-state index in [1.165, 1.54) is 0 Å². The summed E-state index contributed by atoms with van der Waals surface area (Å²) < 4.78 is 0.217. The normalized spacial score (nSPS) is 33.0. The maximum Gasteiger partial charge on any atom is 0.0598 e. The van der Waals surface area contributed by atoms with E-state index in [4.69, 9.17) is 5.11 Å². The van der Waals surface area contributed by atoms with Crippen LogP contribution in [0.15, 0.2) is 0 Å². The fourth-order valence-electron chi connectivity index (χ4n) is 0.959. The molecule has 0 saturated carbocycles. The van der Waals surface area contributed by atoms with E-state index in [-0.39, 0.29) is 17.4 Å². The van der Waals surface area contributed by atoms with Gasteiger partial charge in [-0.1, -0.05) is 0 Å². The van der Waals surface area contributed by atoms with Crippen molar-refractivity contribution in [3.05, 3.63) is 0 Å². The van der Waals surface area contributed by atoms with Gasteiger partial charge >= 0.3 is 0 Å². The van der Waals surface area contributed by atoms with Crippen molar-refractivity contribution in [3.8, 4) is 0 Å². The molecular weight excluding hydrogens is 134 g/mol. The molecule has 0 unspecified atom stereocenters. The van der Waals surface area contributed by atoms with E-state index in [0.717, 1.165) is 5.88 Å². The predicted molar refractivity (Wildman–Crippen MR) is 40.5 cm³/mol. The van der Waals surface area contributed by atoms with Crippen LogP contribution in [0.4, 0.5) is 0 Å². The summed E-state index contributed by atoms with van der Waals surface area (Å²) in [4.78, 5) is 0. The van der Waals surface area contributed by atoms with Gasteiger partial charge < -0.3 is 10.4 Å². The zero-order chi connectivity index (χ0) is 6.91. The van der Waals surface area contributed by atoms with E-state index in [1.807, 2.05) is 11.8 Å². The Bertz CT molecular complexity index is 105. The summed E-state index contributed by atoms with van der Waals surface area (Å²) in [5.74, 6) is 0.970. The summed E-state index contributed by atoms with van der Waals surface area (Å²) in [6.45, 7) is 4.55. The van der Waals surface area contributed by atoms with Crippen molar-refractivity contribution in [3.63, 3.8) is 0 Å². The summed E-state index contributed by atoms with van der Waals surface area (Å²) in [5, 5.41) is 12.0. The molecule has 0 aromatic carbocycles. The number of rotatable bonds is 1. The first-order valence-electron chi connectivity index (χ1n) is 3.15. The molecule has 0 radical (unpaired) electrons. The third-order valence-electron chi connectivity index (χ3n) is 1.80. The number of aliphatic hydroxyl groups excluding tert-OH is 1. The fourth-order valence-corrected chi connectivity index (χ4v) is 1.97. The van der Waals surface area contributed by atoms with Gasteiger partial charge in [-0.3, -0.25) is 0 Å². The molecule has 1 aliphatic rings. The lowest BCUT2D eigenvalue weighted by Crippen LogP contribution is -2.39. The van der Waals surface area contributed by atoms with Gasteiger partial charge in [-0.25, -0.2) is 0 Å². The highest BCUT2D eigenvalue weighted by Crippen LogP contribution is 2.32. The molecule has 2 nitrogen and oxygen atoms in total. The molecule has 0 amide bonds. The van der Waals surface area contributed by atoms with E-state index >= 15 is 0 Å². The number of thioether (sulfide) groups is 1. The van der Waals surface area contributed by atoms with Gasteiger partial charge in [-0.15, -0.1) is 11.8 Å². The second-order valence-electron chi connectivity index (χ2n) is 2.83. The molecule has 54 valence electrons. The lowest BCUT2D eigenvalue weighted by Gasteiger charge is -2.22. The summed E-state index contributed by atoms with van der Waals surface area (Å²) in [6, 6.07) is 0.280. The first kappa shape index (κ1) is 7.38. The zero-order valence-electron chi connectivity index (χ0n) is 5.85. The third kappa shape index (κ3) is 1.39. The first-order valence-corrected chi connectivity index (χ1v) is 4.13. The first-order chi connectivity index (χ1) is 4.17. The number of nitrogens with one attached hydrogen (secondary N) is 1. The molecular formula is C6H13NOS. The lowest BCUT2D eigenvalue weighted by atomic mass is 10.1. The van der Waals surface area contributed by atoms with Crippen LogP contribution in [0.3, 0.4) is 0 Å². The SMILES string of the molecule is CC1(C)SCN[C@H]1CO. The number of aliphatic hydroxyl groups is 1. The monoisotopic (exact) mass is 147 g/mol. The largest absolute Gasteiger partial charge is 0.395 e. The van der Waals surface area contributed by atoms with Gasteiger partial charge in [0, 0.05) is 16.7 Å². The fraction of sp³-hybridized carbons (Fsp3) is 1.00. The Morgan fingerprint density at radius 1 is 1.78 bits per heavy atom. The van der Waals surface area contributed by atoms with Crippen LogP contribution in [-0.4, -0.2) is 28.4 Å². The quantitative estimate of drug-likeness (QED) is 0.564. The number of hydrogen-bond donors (Lipinski definition) is 2. The molecule has 1 aliphatic heterocycles. The molecule has 1 rings (SSSR count). The van der Waals surface area contributed by atoms with Crippen LogP contribution in [0, 0.1) is 0 Å². The Hall–Kier alpha value is 0.270. The summed E-state index contributed by atoms with van der Waals surface area (Å²) in [6.07, 6.45) is 0. The Morgan fingerprint density at radius 3 is 2.67 bits per heavy atom. The smallest absolute Gasteiger partial charge is 0.0598 e. The highest BCUT2D eigenvalue weighted by molar-refractivity contribution is 8.00. The van der Waals surface area contributed by atoms with Crippen molar-refractivity contribution in [1.29, 1.82) is 0 Å². The molecule has 2 N–H and O–H groups in total. The Morgan fingerprint density at radius 2 is 2.44 bits per heavy atom. The second kappa shape index (κ2) is 2.48. The van der Waals surface area contributed by atoms with Gasteiger partial charge in [0.2, 0.25) is 0 Å². The maximum atomic E-state index is 8.83. The van der Waals surface area contributed by atoms with Crippen molar-refractivity contribution >= 4 is 11.8 Å². The Balaban J connectivity index is 2.52. The van der Waals surface area contributed by atoms with Crippen molar-refractivity contribution in [2.24, 2.45) is 0 Å². The molecule has 0 aromatic rings. The molecule has 1 atom stereocenters. The average molecular weight is 147 g/mol. The highest BCUT2D eigenvalue weighted by Gasteiger charge is 2.33. The van der Waals surface area contributed by atoms with Crippen molar-refractivity contribution in [2.75, 3.05) is 12.5 Å². The van der Waals surface area contributed by atoms with E-state index < -0.39 is 0 Å². The van der Waals surface area contributed by atoms with Gasteiger partial charge in [0.1, 0.15) is 0 Å². The van der Waals surface area contributed by atoms with E-state index in [1.54, 1.807) is 0 Å². The minimum absolute atomic E-state index is 0.217. The van der Waals surface area contributed by atoms with Crippen LogP contribution in [-0.2, 0) is 0 Å². The minimum Gasteiger partial charge on any atom is -0.395 e. The van der Waals surface area contributed by atoms with Crippen molar-refractivity contribution in [1.82, 2.24) is 5.32 Å². The zero-order valence-corrected chi connectivity index (χ0v) is 6.66. The third-order valence-corrected chi connectivity index (χ3v) is 3.14. The highest BCUT2D eigenvalue weighted by atomic mass is 32.2. The van der Waals surface area contributed by atoms with Crippen LogP contribution in [0.5, 0.6) is 0 Å². The summed E-state index contributed by atoms with van der Waals surface area (Å²) in [7, 11) is 0. The van der Waals surface area contributed by atoms with Crippen LogP contribution >= 0.6 is 11.8 Å². The number of hydrogen-bond acceptors (Lipinski definition) is 3. The van der Waals surface area contributed by atoms with E-state index in [9.17, 15) is 0 Å². The second-order valence-corrected chi connectivity index (χ2v) is 4.46. The molecule has 0 spiro atoms. The van der Waals surface area contributed by atoms with Crippen molar-refractivity contribution < 1.29 is 5.11 Å². The van der Waals surface area contributed by atoms with Crippen LogP contribution in [0.25, 0.3) is 0 Å². The van der Waals surface area contributed by atoms with Crippen molar-refractivity contribution in [2.45, 2.75) is 24.6 Å². The maximum absolute atomic E-state index is 8.83. The van der Waals surface area contributed by atoms with E-state index in [0.29, 0.717) is 0 Å². The lowest BCUT2D eigenvalue weighted by molar-refractivity contribution is 0.234. The summed E-state index contributed by atoms with van der Waals surface area (Å²) >= 11 is 1.86. The standard InChI is InChI=1S/C6H13NOS/c1-6(2)5(3-8)7-4-9-6/h5,7-8H,3-4H2,1-2H3/t5-/m0/s1. The van der Waals surface area contributed by atoms with Crippen LogP contribution in [0.2, 0.25) is 0 Å². The van der Waals surface area contributed by atoms with Crippen LogP contribution < -0.4 is 5.32 Å². The van der Waals surface area contributed by atoms with Gasteiger partial charge in [0.15, 0.2) is 0 Å². The molecule has 0 aliphatic carbocycles. The topological polar surface area (TPSA) is 32.3 Å². The van der Waals surface area contributed by atoms with Gasteiger partial charge in [0.05, 0.1) is 6.61 Å². The molecule has 9 heavy (non-hydrogen) atoms. The molecule has 3 heteroatoms. The van der Waals surface area contributed by atoms with Gasteiger partial charge in [-0.05, 0) is 13.8 Å². The van der Waals surface area contributed by atoms with Crippen LogP contribution in [0.1, 0.15) is 13.8 Å². The average Bonchev–Trinajstić information content (AvgIpc) is 2.08. The summed E-state index contributed by atoms with van der Waals surface area (Å²) in [5.41, 5.74) is 0. The van der Waals surface area contributed by atoms with E-state index in [2.05, 4.69) is 19.2 Å². The van der Waals surface area contributed by atoms with Gasteiger partial charge in [0.25, 0.3) is 0 Å². The molecule has 1 saturated heterocycles.